The maximum Gasteiger partial charge on any atom is 0.353 e. The van der Waals surface area contributed by atoms with Crippen molar-refractivity contribution < 1.29 is 24.3 Å². The number of rotatable bonds is 5. The highest BCUT2D eigenvalue weighted by molar-refractivity contribution is 8.00. The topological polar surface area (TPSA) is 134 Å². The molecule has 1 fully saturated rings. The first-order valence-corrected chi connectivity index (χ1v) is 9.38. The Labute approximate surface area is 160 Å². The van der Waals surface area contributed by atoms with Crippen molar-refractivity contribution in [2.24, 2.45) is 5.16 Å². The van der Waals surface area contributed by atoms with Crippen molar-refractivity contribution in [2.45, 2.75) is 18.3 Å². The number of aryl methyl sites for hydroxylation is 1. The van der Waals surface area contributed by atoms with Crippen molar-refractivity contribution in [1.82, 2.24) is 20.4 Å². The zero-order chi connectivity index (χ0) is 19.0. The Kier molecular flexibility index (Phi) is 5.16. The van der Waals surface area contributed by atoms with Gasteiger partial charge in [0.25, 0.3) is 11.8 Å². The number of fused-ring (bicyclic) bond motifs is 1. The summed E-state index contributed by atoms with van der Waals surface area (Å²) < 4.78 is 0. The number of β-lactam (4-membered cyclic amide) rings is 1. The third-order valence-corrected chi connectivity index (χ3v) is 6.13. The monoisotopic (exact) mass is 417 g/mol. The lowest BCUT2D eigenvalue weighted by Gasteiger charge is -2.48. The van der Waals surface area contributed by atoms with Crippen molar-refractivity contribution in [1.29, 1.82) is 0 Å². The van der Waals surface area contributed by atoms with Crippen LogP contribution in [0.5, 0.6) is 0 Å². The van der Waals surface area contributed by atoms with Crippen LogP contribution in [-0.4, -0.2) is 68.0 Å². The number of amides is 2. The van der Waals surface area contributed by atoms with E-state index < -0.39 is 29.2 Å². The number of nitrogens with zero attached hydrogens (tertiary/aromatic N) is 4. The number of oxime groups is 1. The van der Waals surface area contributed by atoms with Gasteiger partial charge >= 0.3 is 5.97 Å². The number of aromatic nitrogens is 2. The molecule has 3 heterocycles. The van der Waals surface area contributed by atoms with Crippen LogP contribution in [0.3, 0.4) is 0 Å². The van der Waals surface area contributed by atoms with Crippen molar-refractivity contribution in [3.63, 3.8) is 0 Å². The van der Waals surface area contributed by atoms with Gasteiger partial charge in [0.2, 0.25) is 5.71 Å². The minimum Gasteiger partial charge on any atom is -0.477 e. The van der Waals surface area contributed by atoms with Crippen LogP contribution >= 0.6 is 34.7 Å². The smallest absolute Gasteiger partial charge is 0.353 e. The van der Waals surface area contributed by atoms with Crippen LogP contribution in [0.25, 0.3) is 0 Å². The summed E-state index contributed by atoms with van der Waals surface area (Å²) in [6.07, 6.45) is 0. The second-order valence-corrected chi connectivity index (χ2v) is 7.91. The zero-order valence-corrected chi connectivity index (χ0v) is 15.8. The number of carbonyl (C=O) groups excluding carboxylic acids is 2. The first kappa shape index (κ1) is 18.6. The van der Waals surface area contributed by atoms with Crippen LogP contribution < -0.4 is 5.32 Å². The van der Waals surface area contributed by atoms with Gasteiger partial charge in [-0.25, -0.2) is 4.79 Å². The highest BCUT2D eigenvalue weighted by atomic mass is 35.5. The van der Waals surface area contributed by atoms with E-state index in [1.807, 2.05) is 0 Å². The van der Waals surface area contributed by atoms with Gasteiger partial charge in [-0.1, -0.05) is 28.1 Å². The van der Waals surface area contributed by atoms with E-state index in [-0.39, 0.29) is 27.2 Å². The molecular formula is C13H12ClN5O5S2. The summed E-state index contributed by atoms with van der Waals surface area (Å²) in [5, 5.41) is 23.5. The lowest BCUT2D eigenvalue weighted by atomic mass is 10.0. The molecule has 10 nitrogen and oxygen atoms in total. The summed E-state index contributed by atoms with van der Waals surface area (Å²) in [5.41, 5.74) is -0.367. The van der Waals surface area contributed by atoms with Crippen LogP contribution in [0, 0.1) is 6.92 Å². The molecule has 2 aliphatic rings. The number of carboxylic acids is 1. The lowest BCUT2D eigenvalue weighted by Crippen LogP contribution is -2.70. The average molecular weight is 418 g/mol. The lowest BCUT2D eigenvalue weighted by molar-refractivity contribution is -0.150. The van der Waals surface area contributed by atoms with E-state index in [2.05, 4.69) is 25.5 Å². The average Bonchev–Trinajstić information content (AvgIpc) is 3.02. The predicted octanol–water partition coefficient (Wildman–Crippen LogP) is 0.132. The van der Waals surface area contributed by atoms with Gasteiger partial charge in [0.15, 0.2) is 5.01 Å². The van der Waals surface area contributed by atoms with Crippen molar-refractivity contribution in [2.75, 3.05) is 12.9 Å². The fourth-order valence-corrected chi connectivity index (χ4v) is 4.67. The van der Waals surface area contributed by atoms with Crippen molar-refractivity contribution in [3.05, 3.63) is 20.7 Å². The minimum absolute atomic E-state index is 0.0860. The summed E-state index contributed by atoms with van der Waals surface area (Å²) in [6.45, 7) is 1.72. The molecule has 0 saturated carbocycles. The van der Waals surface area contributed by atoms with Gasteiger partial charge in [0.1, 0.15) is 29.2 Å². The molecule has 2 aliphatic heterocycles. The molecular weight excluding hydrogens is 406 g/mol. The molecule has 1 aromatic rings. The summed E-state index contributed by atoms with van der Waals surface area (Å²) >= 11 is 8.32. The van der Waals surface area contributed by atoms with Gasteiger partial charge in [0.05, 0.1) is 5.03 Å². The Hall–Kier alpha value is -2.18. The molecule has 1 aromatic heterocycles. The highest BCUT2D eigenvalue weighted by Crippen LogP contribution is 2.41. The zero-order valence-electron chi connectivity index (χ0n) is 13.4. The van der Waals surface area contributed by atoms with Crippen molar-refractivity contribution in [3.8, 4) is 0 Å². The van der Waals surface area contributed by atoms with E-state index >= 15 is 0 Å². The van der Waals surface area contributed by atoms with Gasteiger partial charge in [-0.2, -0.15) is 0 Å². The molecule has 1 saturated heterocycles. The normalized spacial score (nSPS) is 22.7. The van der Waals surface area contributed by atoms with Crippen LogP contribution in [0.15, 0.2) is 15.9 Å². The number of nitrogens with one attached hydrogen (secondary N) is 1. The van der Waals surface area contributed by atoms with Gasteiger partial charge < -0.3 is 15.3 Å². The Morgan fingerprint density at radius 3 is 2.77 bits per heavy atom. The Balaban J connectivity index is 1.78. The largest absolute Gasteiger partial charge is 0.477 e. The predicted molar refractivity (Wildman–Crippen MR) is 93.7 cm³/mol. The summed E-state index contributed by atoms with van der Waals surface area (Å²) in [5.74, 6) is -2.28. The second kappa shape index (κ2) is 7.21. The Morgan fingerprint density at radius 2 is 2.19 bits per heavy atom. The number of aliphatic carboxylic acids is 1. The second-order valence-electron chi connectivity index (χ2n) is 5.17. The SMILES string of the molecule is CO/N=C(\C(=O)N[C@@H]1C(=O)N2C(C(=O)O)=C(Cl)CS[C@H]12)c1nnc(C)s1. The molecule has 2 N–H and O–H groups in total. The summed E-state index contributed by atoms with van der Waals surface area (Å²) in [4.78, 5) is 42.0. The summed E-state index contributed by atoms with van der Waals surface area (Å²) in [7, 11) is 1.28. The molecule has 0 unspecified atom stereocenters. The van der Waals surface area contributed by atoms with E-state index in [1.54, 1.807) is 6.92 Å². The molecule has 2 amide bonds. The van der Waals surface area contributed by atoms with E-state index in [0.717, 1.165) is 16.2 Å². The molecule has 3 rings (SSSR count). The van der Waals surface area contributed by atoms with Crippen LogP contribution in [0.2, 0.25) is 0 Å². The third kappa shape index (κ3) is 3.15. The maximum absolute atomic E-state index is 12.5. The number of carbonyl (C=O) groups is 3. The number of halogens is 1. The number of thioether (sulfide) groups is 1. The van der Waals surface area contributed by atoms with Crippen LogP contribution in [-0.2, 0) is 19.2 Å². The minimum atomic E-state index is -1.29. The molecule has 0 bridgehead atoms. The van der Waals surface area contributed by atoms with Crippen LogP contribution in [0.1, 0.15) is 10.0 Å². The summed E-state index contributed by atoms with van der Waals surface area (Å²) in [6, 6.07) is -0.900. The molecule has 0 aliphatic carbocycles. The van der Waals surface area contributed by atoms with Gasteiger partial charge in [0, 0.05) is 5.75 Å². The molecule has 13 heteroatoms. The quantitative estimate of drug-likeness (QED) is 0.392. The third-order valence-electron chi connectivity index (χ3n) is 3.54. The Morgan fingerprint density at radius 1 is 1.46 bits per heavy atom. The molecule has 0 radical (unpaired) electrons. The molecule has 0 spiro atoms. The first-order valence-electron chi connectivity index (χ1n) is 7.14. The van der Waals surface area contributed by atoms with Gasteiger partial charge in [-0.15, -0.1) is 22.0 Å². The van der Waals surface area contributed by atoms with Crippen LogP contribution in [0.4, 0.5) is 0 Å². The van der Waals surface area contributed by atoms with E-state index in [1.165, 1.54) is 18.9 Å². The van der Waals surface area contributed by atoms with Gasteiger partial charge in [-0.05, 0) is 6.92 Å². The number of hydrogen-bond donors (Lipinski definition) is 2. The molecule has 26 heavy (non-hydrogen) atoms. The number of hydrogen-bond acceptors (Lipinski definition) is 9. The van der Waals surface area contributed by atoms with Gasteiger partial charge in [-0.3, -0.25) is 14.5 Å². The molecule has 2 atom stereocenters. The molecule has 0 aromatic carbocycles. The van der Waals surface area contributed by atoms with E-state index in [0.29, 0.717) is 5.01 Å². The fourth-order valence-electron chi connectivity index (χ4n) is 2.45. The standard InChI is InChI=1S/C13H12ClN5O5S2/c1-4-16-17-10(26-4)6(18-24-2)9(20)15-7-11(21)19-8(13(22)23)5(14)3-25-12(7)19/h7,12H,3H2,1-2H3,(H,15,20)(H,22,23)/b18-6+/t7-,12-/m1/s1. The maximum atomic E-state index is 12.5. The number of carboxylic acid groups (broad SMARTS) is 1. The van der Waals surface area contributed by atoms with Crippen molar-refractivity contribution >= 4 is 58.2 Å². The van der Waals surface area contributed by atoms with E-state index in [9.17, 15) is 19.5 Å². The Bertz CT molecular complexity index is 854. The molecule has 138 valence electrons. The van der Waals surface area contributed by atoms with E-state index in [4.69, 9.17) is 11.6 Å². The first-order chi connectivity index (χ1) is 12.3. The highest BCUT2D eigenvalue weighted by Gasteiger charge is 2.54. The fraction of sp³-hybridized carbons (Fsp3) is 0.385.